The fraction of sp³-hybridized carbons (Fsp3) is 0.235. The Balaban J connectivity index is 2.02. The molecule has 1 heterocycles. The Morgan fingerprint density at radius 3 is 2.95 bits per heavy atom. The van der Waals surface area contributed by atoms with Crippen LogP contribution < -0.4 is 4.74 Å². The summed E-state index contributed by atoms with van der Waals surface area (Å²) in [5.41, 5.74) is 3.02. The molecule has 1 aromatic heterocycles. The van der Waals surface area contributed by atoms with Crippen molar-refractivity contribution < 1.29 is 4.74 Å². The van der Waals surface area contributed by atoms with Crippen molar-refractivity contribution in [2.75, 3.05) is 5.88 Å². The van der Waals surface area contributed by atoms with E-state index in [0.29, 0.717) is 18.9 Å². The number of benzene rings is 1. The number of pyridine rings is 1. The minimum Gasteiger partial charge on any atom is -0.487 e. The predicted molar refractivity (Wildman–Crippen MR) is 82.0 cm³/mol. The number of aryl methyl sites for hydroxylation is 1. The van der Waals surface area contributed by atoms with E-state index in [4.69, 9.17) is 16.3 Å². The SMILES string of the molecule is Cc1cccnc1COc1cccc(C#CCCCl)c1. The quantitative estimate of drug-likeness (QED) is 0.627. The normalized spacial score (nSPS) is 9.70. The van der Waals surface area contributed by atoms with E-state index >= 15 is 0 Å². The second kappa shape index (κ2) is 7.57. The van der Waals surface area contributed by atoms with Crippen molar-refractivity contribution in [2.45, 2.75) is 20.0 Å². The molecule has 0 saturated carbocycles. The van der Waals surface area contributed by atoms with Crippen LogP contribution in [0.15, 0.2) is 42.6 Å². The number of hydrogen-bond acceptors (Lipinski definition) is 2. The maximum Gasteiger partial charge on any atom is 0.130 e. The molecule has 0 aliphatic heterocycles. The van der Waals surface area contributed by atoms with Gasteiger partial charge in [0.05, 0.1) is 5.69 Å². The molecular formula is C17H16ClNO. The molecule has 3 heteroatoms. The number of hydrogen-bond donors (Lipinski definition) is 0. The summed E-state index contributed by atoms with van der Waals surface area (Å²) in [4.78, 5) is 4.31. The molecular weight excluding hydrogens is 270 g/mol. The lowest BCUT2D eigenvalue weighted by Crippen LogP contribution is -2.00. The minimum absolute atomic E-state index is 0.464. The number of aromatic nitrogens is 1. The summed E-state index contributed by atoms with van der Waals surface area (Å²) in [6, 6.07) is 11.7. The van der Waals surface area contributed by atoms with Gasteiger partial charge in [-0.15, -0.1) is 11.6 Å². The highest BCUT2D eigenvalue weighted by Gasteiger charge is 2.00. The maximum atomic E-state index is 5.76. The van der Waals surface area contributed by atoms with Gasteiger partial charge in [-0.2, -0.15) is 0 Å². The van der Waals surface area contributed by atoms with E-state index < -0.39 is 0 Å². The summed E-state index contributed by atoms with van der Waals surface area (Å²) < 4.78 is 5.76. The molecule has 20 heavy (non-hydrogen) atoms. The summed E-state index contributed by atoms with van der Waals surface area (Å²) in [5, 5.41) is 0. The Hall–Kier alpha value is -1.98. The van der Waals surface area contributed by atoms with E-state index in [0.717, 1.165) is 22.6 Å². The number of rotatable bonds is 4. The van der Waals surface area contributed by atoms with Gasteiger partial charge >= 0.3 is 0 Å². The second-order valence-electron chi connectivity index (χ2n) is 4.32. The third-order valence-corrected chi connectivity index (χ3v) is 2.97. The first-order chi connectivity index (χ1) is 9.79. The minimum atomic E-state index is 0.464. The first kappa shape index (κ1) is 14.4. The number of ether oxygens (including phenoxy) is 1. The maximum absolute atomic E-state index is 5.76. The van der Waals surface area contributed by atoms with Crippen LogP contribution in [0.4, 0.5) is 0 Å². The smallest absolute Gasteiger partial charge is 0.130 e. The Morgan fingerprint density at radius 1 is 1.25 bits per heavy atom. The van der Waals surface area contributed by atoms with Crippen molar-refractivity contribution in [2.24, 2.45) is 0 Å². The second-order valence-corrected chi connectivity index (χ2v) is 4.70. The highest BCUT2D eigenvalue weighted by Crippen LogP contribution is 2.15. The third-order valence-electron chi connectivity index (χ3n) is 2.78. The fourth-order valence-electron chi connectivity index (χ4n) is 1.70. The standard InChI is InChI=1S/C17H16ClNO/c1-14-6-5-11-19-17(14)13-20-16-9-4-8-15(12-16)7-2-3-10-18/h4-6,8-9,11-12H,3,10,13H2,1H3. The summed E-state index contributed by atoms with van der Waals surface area (Å²) in [5.74, 6) is 7.43. The van der Waals surface area contributed by atoms with Crippen LogP contribution in [-0.2, 0) is 6.61 Å². The van der Waals surface area contributed by atoms with Crippen molar-refractivity contribution >= 4 is 11.6 Å². The number of alkyl halides is 1. The molecule has 0 fully saturated rings. The predicted octanol–water partition coefficient (Wildman–Crippen LogP) is 3.95. The molecule has 102 valence electrons. The zero-order valence-corrected chi connectivity index (χ0v) is 12.2. The first-order valence-corrected chi connectivity index (χ1v) is 7.01. The molecule has 1 aromatic carbocycles. The van der Waals surface area contributed by atoms with Crippen LogP contribution in [0, 0.1) is 18.8 Å². The zero-order valence-electron chi connectivity index (χ0n) is 11.4. The highest BCUT2D eigenvalue weighted by atomic mass is 35.5. The van der Waals surface area contributed by atoms with E-state index in [1.807, 2.05) is 43.3 Å². The summed E-state index contributed by atoms with van der Waals surface area (Å²) in [6.07, 6.45) is 2.47. The molecule has 0 N–H and O–H groups in total. The zero-order chi connectivity index (χ0) is 14.2. The van der Waals surface area contributed by atoms with Crippen molar-refractivity contribution in [3.63, 3.8) is 0 Å². The first-order valence-electron chi connectivity index (χ1n) is 6.48. The van der Waals surface area contributed by atoms with E-state index in [-0.39, 0.29) is 0 Å². The number of nitrogens with zero attached hydrogens (tertiary/aromatic N) is 1. The average molecular weight is 286 g/mol. The van der Waals surface area contributed by atoms with Crippen molar-refractivity contribution in [1.82, 2.24) is 4.98 Å². The van der Waals surface area contributed by atoms with Crippen LogP contribution in [0.1, 0.15) is 23.2 Å². The van der Waals surface area contributed by atoms with Crippen molar-refractivity contribution in [3.05, 3.63) is 59.4 Å². The molecule has 2 aromatic rings. The molecule has 0 spiro atoms. The molecule has 0 radical (unpaired) electrons. The van der Waals surface area contributed by atoms with E-state index in [9.17, 15) is 0 Å². The largest absolute Gasteiger partial charge is 0.487 e. The van der Waals surface area contributed by atoms with Gasteiger partial charge in [-0.3, -0.25) is 4.98 Å². The summed E-state index contributed by atoms with van der Waals surface area (Å²) in [6.45, 7) is 2.49. The van der Waals surface area contributed by atoms with Crippen LogP contribution >= 0.6 is 11.6 Å². The van der Waals surface area contributed by atoms with Crippen LogP contribution in [0.3, 0.4) is 0 Å². The lowest BCUT2D eigenvalue weighted by molar-refractivity contribution is 0.300. The van der Waals surface area contributed by atoms with Gasteiger partial charge in [-0.25, -0.2) is 0 Å². The molecule has 0 aliphatic rings. The van der Waals surface area contributed by atoms with E-state index in [2.05, 4.69) is 16.8 Å². The van der Waals surface area contributed by atoms with Gasteiger partial charge < -0.3 is 4.74 Å². The Morgan fingerprint density at radius 2 is 2.15 bits per heavy atom. The topological polar surface area (TPSA) is 22.1 Å². The monoisotopic (exact) mass is 285 g/mol. The van der Waals surface area contributed by atoms with Gasteiger partial charge in [0.25, 0.3) is 0 Å². The van der Waals surface area contributed by atoms with Crippen LogP contribution in [0.5, 0.6) is 5.75 Å². The average Bonchev–Trinajstić information content (AvgIpc) is 2.47. The molecule has 0 aliphatic carbocycles. The molecule has 0 amide bonds. The van der Waals surface area contributed by atoms with Crippen LogP contribution in [0.25, 0.3) is 0 Å². The highest BCUT2D eigenvalue weighted by molar-refractivity contribution is 6.18. The molecule has 0 bridgehead atoms. The van der Waals surface area contributed by atoms with Gasteiger partial charge in [0.15, 0.2) is 0 Å². The molecule has 2 rings (SSSR count). The lowest BCUT2D eigenvalue weighted by Gasteiger charge is -2.07. The Labute approximate surface area is 124 Å². The van der Waals surface area contributed by atoms with Gasteiger partial charge in [0, 0.05) is 24.1 Å². The van der Waals surface area contributed by atoms with E-state index in [1.54, 1.807) is 6.20 Å². The Kier molecular flexibility index (Phi) is 5.46. The van der Waals surface area contributed by atoms with Gasteiger partial charge in [0.2, 0.25) is 0 Å². The van der Waals surface area contributed by atoms with Crippen molar-refractivity contribution in [1.29, 1.82) is 0 Å². The van der Waals surface area contributed by atoms with E-state index in [1.165, 1.54) is 0 Å². The van der Waals surface area contributed by atoms with Crippen LogP contribution in [-0.4, -0.2) is 10.9 Å². The van der Waals surface area contributed by atoms with Crippen LogP contribution in [0.2, 0.25) is 0 Å². The molecule has 2 nitrogen and oxygen atoms in total. The Bertz CT molecular complexity index is 628. The summed E-state index contributed by atoms with van der Waals surface area (Å²) in [7, 11) is 0. The van der Waals surface area contributed by atoms with Gasteiger partial charge in [-0.1, -0.05) is 24.0 Å². The molecule has 0 unspecified atom stereocenters. The third kappa shape index (κ3) is 4.29. The number of halogens is 1. The lowest BCUT2D eigenvalue weighted by atomic mass is 10.2. The van der Waals surface area contributed by atoms with Gasteiger partial charge in [-0.05, 0) is 36.8 Å². The molecule has 0 saturated heterocycles. The summed E-state index contributed by atoms with van der Waals surface area (Å²) >= 11 is 5.60. The fourth-order valence-corrected chi connectivity index (χ4v) is 1.79. The van der Waals surface area contributed by atoms with Crippen molar-refractivity contribution in [3.8, 4) is 17.6 Å². The molecule has 0 atom stereocenters. The van der Waals surface area contributed by atoms with Gasteiger partial charge in [0.1, 0.15) is 12.4 Å².